The van der Waals surface area contributed by atoms with E-state index in [0.29, 0.717) is 18.1 Å². The Labute approximate surface area is 116 Å². The molecule has 3 fully saturated rings. The largest absolute Gasteiger partial charge is 0.381 e. The number of ether oxygens (including phenoxy) is 2. The minimum atomic E-state index is -0.0753. The number of fused-ring (bicyclic) bond motifs is 1. The van der Waals surface area contributed by atoms with Crippen molar-refractivity contribution in [2.75, 3.05) is 33.4 Å². The zero-order valence-corrected chi connectivity index (χ0v) is 12.5. The fourth-order valence-corrected chi connectivity index (χ4v) is 4.47. The summed E-state index contributed by atoms with van der Waals surface area (Å²) in [4.78, 5) is 2.53. The van der Waals surface area contributed by atoms with E-state index in [0.717, 1.165) is 45.5 Å². The summed E-state index contributed by atoms with van der Waals surface area (Å²) >= 11 is 0. The third-order valence-corrected chi connectivity index (χ3v) is 6.02. The molecule has 2 heterocycles. The van der Waals surface area contributed by atoms with Gasteiger partial charge in [-0.3, -0.25) is 0 Å². The van der Waals surface area contributed by atoms with Crippen molar-refractivity contribution in [1.82, 2.24) is 4.90 Å². The van der Waals surface area contributed by atoms with E-state index in [1.165, 1.54) is 0 Å². The fraction of sp³-hybridized carbons (Fsp3) is 1.00. The lowest BCUT2D eigenvalue weighted by molar-refractivity contribution is -0.165. The number of piperidine rings is 1. The molecular formula is C15H28N2O2. The Kier molecular flexibility index (Phi) is 3.41. The zero-order valence-electron chi connectivity index (χ0n) is 12.5. The third-order valence-electron chi connectivity index (χ3n) is 6.02. The maximum atomic E-state index is 6.81. The van der Waals surface area contributed by atoms with Crippen molar-refractivity contribution in [3.8, 4) is 0 Å². The highest BCUT2D eigenvalue weighted by Crippen LogP contribution is 2.58. The maximum absolute atomic E-state index is 6.81. The summed E-state index contributed by atoms with van der Waals surface area (Å²) in [5.41, 5.74) is 6.84. The molecule has 0 aromatic heterocycles. The summed E-state index contributed by atoms with van der Waals surface area (Å²) in [6.45, 7) is 8.70. The fourth-order valence-electron chi connectivity index (χ4n) is 4.47. The van der Waals surface area contributed by atoms with Crippen LogP contribution in [0.1, 0.15) is 33.1 Å². The Hall–Kier alpha value is -0.160. The standard InChI is InChI=1S/C15H28N2O2/c1-14(2)13-12(6-9-19-13)15(14,16)10-17-7-4-11(18-3)5-8-17/h11-13H,4-10,16H2,1-3H3. The first-order valence-electron chi connectivity index (χ1n) is 7.64. The van der Waals surface area contributed by atoms with Crippen LogP contribution in [0.3, 0.4) is 0 Å². The number of rotatable bonds is 3. The molecule has 0 aromatic rings. The Morgan fingerprint density at radius 3 is 2.58 bits per heavy atom. The van der Waals surface area contributed by atoms with Gasteiger partial charge in [0, 0.05) is 50.2 Å². The molecule has 4 heteroatoms. The number of nitrogens with two attached hydrogens (primary N) is 1. The summed E-state index contributed by atoms with van der Waals surface area (Å²) in [6, 6.07) is 0. The number of hydrogen-bond acceptors (Lipinski definition) is 4. The molecule has 110 valence electrons. The smallest absolute Gasteiger partial charge is 0.0691 e. The first kappa shape index (κ1) is 13.8. The molecule has 3 rings (SSSR count). The van der Waals surface area contributed by atoms with Gasteiger partial charge in [0.15, 0.2) is 0 Å². The molecule has 0 amide bonds. The predicted octanol–water partition coefficient (Wildman–Crippen LogP) is 1.24. The molecule has 2 saturated heterocycles. The van der Waals surface area contributed by atoms with Crippen LogP contribution in [0.4, 0.5) is 0 Å². The van der Waals surface area contributed by atoms with E-state index in [9.17, 15) is 0 Å². The third kappa shape index (κ3) is 1.96. The average molecular weight is 268 g/mol. The highest BCUT2D eigenvalue weighted by atomic mass is 16.5. The summed E-state index contributed by atoms with van der Waals surface area (Å²) in [5, 5.41) is 0. The van der Waals surface area contributed by atoms with Crippen LogP contribution in [0.2, 0.25) is 0 Å². The molecule has 3 aliphatic rings. The van der Waals surface area contributed by atoms with Gasteiger partial charge in [-0.15, -0.1) is 0 Å². The molecule has 0 radical (unpaired) electrons. The topological polar surface area (TPSA) is 47.7 Å². The number of nitrogens with zero attached hydrogens (tertiary/aromatic N) is 1. The molecule has 3 unspecified atom stereocenters. The molecule has 19 heavy (non-hydrogen) atoms. The predicted molar refractivity (Wildman–Crippen MR) is 75.0 cm³/mol. The van der Waals surface area contributed by atoms with Gasteiger partial charge in [-0.1, -0.05) is 13.8 Å². The van der Waals surface area contributed by atoms with Gasteiger partial charge in [-0.05, 0) is 19.3 Å². The normalized spacial score (nSPS) is 42.9. The summed E-state index contributed by atoms with van der Waals surface area (Å²) in [7, 11) is 1.82. The molecule has 2 aliphatic heterocycles. The summed E-state index contributed by atoms with van der Waals surface area (Å²) in [6.07, 6.45) is 4.24. The van der Waals surface area contributed by atoms with Crippen molar-refractivity contribution in [3.05, 3.63) is 0 Å². The van der Waals surface area contributed by atoms with Crippen LogP contribution >= 0.6 is 0 Å². The lowest BCUT2D eigenvalue weighted by atomic mass is 9.48. The van der Waals surface area contributed by atoms with Crippen molar-refractivity contribution in [2.45, 2.75) is 50.9 Å². The van der Waals surface area contributed by atoms with Crippen LogP contribution in [0.5, 0.6) is 0 Å². The van der Waals surface area contributed by atoms with Crippen molar-refractivity contribution in [3.63, 3.8) is 0 Å². The second kappa shape index (κ2) is 4.69. The minimum Gasteiger partial charge on any atom is -0.381 e. The van der Waals surface area contributed by atoms with Gasteiger partial charge in [0.2, 0.25) is 0 Å². The number of likely N-dealkylation sites (tertiary alicyclic amines) is 1. The van der Waals surface area contributed by atoms with Gasteiger partial charge < -0.3 is 20.1 Å². The summed E-state index contributed by atoms with van der Waals surface area (Å²) < 4.78 is 11.3. The molecule has 2 N–H and O–H groups in total. The Bertz CT molecular complexity index is 339. The van der Waals surface area contributed by atoms with Crippen molar-refractivity contribution < 1.29 is 9.47 Å². The zero-order chi connectivity index (χ0) is 13.7. The SMILES string of the molecule is COC1CCN(CC2(N)C3CCOC3C2(C)C)CC1. The molecule has 4 nitrogen and oxygen atoms in total. The van der Waals surface area contributed by atoms with E-state index in [4.69, 9.17) is 15.2 Å². The van der Waals surface area contributed by atoms with E-state index >= 15 is 0 Å². The van der Waals surface area contributed by atoms with Crippen LogP contribution in [-0.2, 0) is 9.47 Å². The average Bonchev–Trinajstić information content (AvgIpc) is 2.88. The van der Waals surface area contributed by atoms with Crippen LogP contribution < -0.4 is 5.73 Å². The Balaban J connectivity index is 1.63. The van der Waals surface area contributed by atoms with E-state index in [-0.39, 0.29) is 11.0 Å². The molecular weight excluding hydrogens is 240 g/mol. The molecule has 0 spiro atoms. The van der Waals surface area contributed by atoms with Crippen molar-refractivity contribution >= 4 is 0 Å². The summed E-state index contributed by atoms with van der Waals surface area (Å²) in [5.74, 6) is 0.558. The first-order valence-corrected chi connectivity index (χ1v) is 7.64. The Morgan fingerprint density at radius 1 is 1.26 bits per heavy atom. The van der Waals surface area contributed by atoms with E-state index in [1.807, 2.05) is 7.11 Å². The molecule has 1 saturated carbocycles. The van der Waals surface area contributed by atoms with E-state index < -0.39 is 0 Å². The monoisotopic (exact) mass is 268 g/mol. The van der Waals surface area contributed by atoms with Gasteiger partial charge in [0.1, 0.15) is 0 Å². The second-order valence-electron chi connectivity index (χ2n) is 7.16. The number of methoxy groups -OCH3 is 1. The van der Waals surface area contributed by atoms with Crippen LogP contribution in [0.15, 0.2) is 0 Å². The van der Waals surface area contributed by atoms with Crippen LogP contribution in [0, 0.1) is 11.3 Å². The molecule has 1 aliphatic carbocycles. The molecule has 3 atom stereocenters. The Morgan fingerprint density at radius 2 is 1.95 bits per heavy atom. The maximum Gasteiger partial charge on any atom is 0.0691 e. The molecule has 0 aromatic carbocycles. The van der Waals surface area contributed by atoms with E-state index in [1.54, 1.807) is 0 Å². The minimum absolute atomic E-state index is 0.0753. The van der Waals surface area contributed by atoms with Crippen LogP contribution in [-0.4, -0.2) is 56.0 Å². The van der Waals surface area contributed by atoms with Crippen molar-refractivity contribution in [1.29, 1.82) is 0 Å². The van der Waals surface area contributed by atoms with Gasteiger partial charge in [0.25, 0.3) is 0 Å². The lowest BCUT2D eigenvalue weighted by Crippen LogP contribution is -2.78. The van der Waals surface area contributed by atoms with Gasteiger partial charge in [-0.25, -0.2) is 0 Å². The van der Waals surface area contributed by atoms with Gasteiger partial charge in [0.05, 0.1) is 12.2 Å². The first-order chi connectivity index (χ1) is 8.99. The quantitative estimate of drug-likeness (QED) is 0.836. The van der Waals surface area contributed by atoms with Crippen LogP contribution in [0.25, 0.3) is 0 Å². The number of hydrogen-bond donors (Lipinski definition) is 1. The molecule has 0 bridgehead atoms. The second-order valence-corrected chi connectivity index (χ2v) is 7.16. The van der Waals surface area contributed by atoms with Gasteiger partial charge in [-0.2, -0.15) is 0 Å². The highest BCUT2D eigenvalue weighted by molar-refractivity contribution is 5.21. The van der Waals surface area contributed by atoms with Gasteiger partial charge >= 0.3 is 0 Å². The van der Waals surface area contributed by atoms with E-state index in [2.05, 4.69) is 18.7 Å². The van der Waals surface area contributed by atoms with Crippen molar-refractivity contribution in [2.24, 2.45) is 17.1 Å². The highest BCUT2D eigenvalue weighted by Gasteiger charge is 2.67. The lowest BCUT2D eigenvalue weighted by Gasteiger charge is -2.63.